The SMILES string of the molecule is COC(=O)c1nc(NC(CC(C)C)C(=O)O)sc1C. The molecule has 1 unspecified atom stereocenters. The van der Waals surface area contributed by atoms with Gasteiger partial charge in [-0.05, 0) is 19.3 Å². The van der Waals surface area contributed by atoms with E-state index in [1.54, 1.807) is 6.92 Å². The fourth-order valence-corrected chi connectivity index (χ4v) is 2.44. The van der Waals surface area contributed by atoms with Gasteiger partial charge in [-0.25, -0.2) is 14.6 Å². The first-order chi connectivity index (χ1) is 8.85. The van der Waals surface area contributed by atoms with Gasteiger partial charge >= 0.3 is 11.9 Å². The molecule has 1 heterocycles. The minimum Gasteiger partial charge on any atom is -0.480 e. The van der Waals surface area contributed by atoms with E-state index in [1.165, 1.54) is 18.4 Å². The molecule has 0 aliphatic rings. The van der Waals surface area contributed by atoms with Crippen molar-refractivity contribution in [3.8, 4) is 0 Å². The molecule has 7 heteroatoms. The van der Waals surface area contributed by atoms with Crippen LogP contribution >= 0.6 is 11.3 Å². The van der Waals surface area contributed by atoms with E-state index < -0.39 is 18.0 Å². The van der Waals surface area contributed by atoms with E-state index in [-0.39, 0.29) is 11.6 Å². The van der Waals surface area contributed by atoms with Crippen LogP contribution in [0, 0.1) is 12.8 Å². The largest absolute Gasteiger partial charge is 0.480 e. The van der Waals surface area contributed by atoms with Gasteiger partial charge in [0.25, 0.3) is 0 Å². The van der Waals surface area contributed by atoms with Crippen molar-refractivity contribution in [3.05, 3.63) is 10.6 Å². The number of hydrogen-bond donors (Lipinski definition) is 2. The molecule has 19 heavy (non-hydrogen) atoms. The molecule has 1 aromatic rings. The number of carbonyl (C=O) groups is 2. The van der Waals surface area contributed by atoms with Crippen LogP contribution in [0.15, 0.2) is 0 Å². The number of aromatic nitrogens is 1. The second-order valence-electron chi connectivity index (χ2n) is 4.58. The summed E-state index contributed by atoms with van der Waals surface area (Å²) in [6, 6.07) is -0.712. The number of anilines is 1. The van der Waals surface area contributed by atoms with Crippen LogP contribution in [0.2, 0.25) is 0 Å². The Morgan fingerprint density at radius 3 is 2.58 bits per heavy atom. The third-order valence-electron chi connectivity index (χ3n) is 2.48. The molecule has 0 radical (unpaired) electrons. The Morgan fingerprint density at radius 1 is 1.47 bits per heavy atom. The van der Waals surface area contributed by atoms with E-state index in [1.807, 2.05) is 13.8 Å². The van der Waals surface area contributed by atoms with Crippen molar-refractivity contribution in [1.29, 1.82) is 0 Å². The van der Waals surface area contributed by atoms with Crippen molar-refractivity contribution < 1.29 is 19.4 Å². The number of carbonyl (C=O) groups excluding carboxylic acids is 1. The first-order valence-corrected chi connectivity index (χ1v) is 6.71. The molecule has 0 aliphatic heterocycles. The summed E-state index contributed by atoms with van der Waals surface area (Å²) in [7, 11) is 1.28. The average Bonchev–Trinajstić information content (AvgIpc) is 2.67. The van der Waals surface area contributed by atoms with E-state index in [2.05, 4.69) is 15.0 Å². The van der Waals surface area contributed by atoms with Crippen molar-refractivity contribution in [3.63, 3.8) is 0 Å². The second-order valence-corrected chi connectivity index (χ2v) is 5.78. The lowest BCUT2D eigenvalue weighted by Gasteiger charge is -2.15. The Bertz CT molecular complexity index is 470. The highest BCUT2D eigenvalue weighted by Crippen LogP contribution is 2.24. The molecule has 1 atom stereocenters. The molecule has 2 N–H and O–H groups in total. The Labute approximate surface area is 115 Å². The minimum atomic E-state index is -0.929. The third-order valence-corrected chi connectivity index (χ3v) is 3.38. The molecule has 0 spiro atoms. The number of aryl methyl sites for hydroxylation is 1. The van der Waals surface area contributed by atoms with E-state index in [4.69, 9.17) is 5.11 Å². The summed E-state index contributed by atoms with van der Waals surface area (Å²) < 4.78 is 4.61. The monoisotopic (exact) mass is 286 g/mol. The molecule has 106 valence electrons. The highest BCUT2D eigenvalue weighted by Gasteiger charge is 2.22. The van der Waals surface area contributed by atoms with Gasteiger partial charge in [0.2, 0.25) is 0 Å². The Kier molecular flexibility index (Phi) is 5.29. The molecular formula is C12H18N2O4S. The third kappa shape index (κ3) is 4.20. The highest BCUT2D eigenvalue weighted by atomic mass is 32.1. The van der Waals surface area contributed by atoms with Crippen LogP contribution in [0.3, 0.4) is 0 Å². The van der Waals surface area contributed by atoms with Crippen LogP contribution in [0.1, 0.15) is 35.6 Å². The van der Waals surface area contributed by atoms with Crippen LogP contribution in [0.4, 0.5) is 5.13 Å². The molecule has 0 aromatic carbocycles. The summed E-state index contributed by atoms with van der Waals surface area (Å²) in [5.74, 6) is -1.20. The summed E-state index contributed by atoms with van der Waals surface area (Å²) in [5.41, 5.74) is 0.226. The van der Waals surface area contributed by atoms with Gasteiger partial charge in [0.05, 0.1) is 7.11 Å². The standard InChI is InChI=1S/C12H18N2O4S/c1-6(2)5-8(10(15)16)13-12-14-9(7(3)19-12)11(17)18-4/h6,8H,5H2,1-4H3,(H,13,14)(H,15,16). The molecule has 1 rings (SSSR count). The van der Waals surface area contributed by atoms with Crippen LogP contribution in [0.25, 0.3) is 0 Å². The smallest absolute Gasteiger partial charge is 0.357 e. The summed E-state index contributed by atoms with van der Waals surface area (Å²) in [6.07, 6.45) is 0.488. The average molecular weight is 286 g/mol. The molecule has 0 saturated heterocycles. The number of nitrogens with zero attached hydrogens (tertiary/aromatic N) is 1. The van der Waals surface area contributed by atoms with E-state index >= 15 is 0 Å². The van der Waals surface area contributed by atoms with Crippen LogP contribution in [0.5, 0.6) is 0 Å². The molecule has 0 aliphatic carbocycles. The van der Waals surface area contributed by atoms with Crippen LogP contribution in [-0.4, -0.2) is 35.2 Å². The Morgan fingerprint density at radius 2 is 2.11 bits per heavy atom. The lowest BCUT2D eigenvalue weighted by atomic mass is 10.0. The fraction of sp³-hybridized carbons (Fsp3) is 0.583. The topological polar surface area (TPSA) is 88.5 Å². The van der Waals surface area contributed by atoms with Crippen molar-refractivity contribution in [2.45, 2.75) is 33.2 Å². The number of thiazole rings is 1. The number of esters is 1. The first-order valence-electron chi connectivity index (χ1n) is 5.90. The van der Waals surface area contributed by atoms with Gasteiger partial charge in [0, 0.05) is 4.88 Å². The Balaban J connectivity index is 2.86. The number of aliphatic carboxylic acids is 1. The van der Waals surface area contributed by atoms with Crippen molar-refractivity contribution in [2.75, 3.05) is 12.4 Å². The van der Waals surface area contributed by atoms with Gasteiger partial charge in [-0.2, -0.15) is 0 Å². The first kappa shape index (κ1) is 15.4. The summed E-state index contributed by atoms with van der Waals surface area (Å²) in [5, 5.41) is 12.4. The van der Waals surface area contributed by atoms with Gasteiger partial charge in [-0.1, -0.05) is 13.8 Å². The van der Waals surface area contributed by atoms with Gasteiger partial charge in [-0.15, -0.1) is 11.3 Å². The maximum absolute atomic E-state index is 11.4. The zero-order chi connectivity index (χ0) is 14.6. The molecular weight excluding hydrogens is 268 g/mol. The number of methoxy groups -OCH3 is 1. The second kappa shape index (κ2) is 6.51. The number of ether oxygens (including phenoxy) is 1. The zero-order valence-corrected chi connectivity index (χ0v) is 12.2. The number of nitrogens with one attached hydrogen (secondary N) is 1. The molecule has 6 nitrogen and oxygen atoms in total. The molecule has 0 bridgehead atoms. The molecule has 0 saturated carbocycles. The van der Waals surface area contributed by atoms with Gasteiger partial charge in [0.1, 0.15) is 6.04 Å². The van der Waals surface area contributed by atoms with Gasteiger partial charge in [0.15, 0.2) is 10.8 Å². The van der Waals surface area contributed by atoms with Gasteiger partial charge < -0.3 is 15.2 Å². The summed E-state index contributed by atoms with van der Waals surface area (Å²) >= 11 is 1.24. The minimum absolute atomic E-state index is 0.226. The van der Waals surface area contributed by atoms with E-state index in [0.29, 0.717) is 16.4 Å². The predicted molar refractivity (Wildman–Crippen MR) is 72.7 cm³/mol. The number of hydrogen-bond acceptors (Lipinski definition) is 6. The van der Waals surface area contributed by atoms with Crippen LogP contribution < -0.4 is 5.32 Å². The zero-order valence-electron chi connectivity index (χ0n) is 11.4. The molecule has 0 fully saturated rings. The quantitative estimate of drug-likeness (QED) is 0.779. The maximum Gasteiger partial charge on any atom is 0.357 e. The van der Waals surface area contributed by atoms with E-state index in [9.17, 15) is 9.59 Å². The Hall–Kier alpha value is -1.63. The van der Waals surface area contributed by atoms with Crippen molar-refractivity contribution in [2.24, 2.45) is 5.92 Å². The van der Waals surface area contributed by atoms with Crippen molar-refractivity contribution in [1.82, 2.24) is 4.98 Å². The molecule has 1 aromatic heterocycles. The summed E-state index contributed by atoms with van der Waals surface area (Å²) in [4.78, 5) is 27.3. The van der Waals surface area contributed by atoms with E-state index in [0.717, 1.165) is 0 Å². The maximum atomic E-state index is 11.4. The normalized spacial score (nSPS) is 12.3. The number of rotatable bonds is 6. The van der Waals surface area contributed by atoms with Gasteiger partial charge in [-0.3, -0.25) is 0 Å². The van der Waals surface area contributed by atoms with Crippen LogP contribution in [-0.2, 0) is 9.53 Å². The fourth-order valence-electron chi connectivity index (χ4n) is 1.59. The predicted octanol–water partition coefficient (Wildman–Crippen LogP) is 2.15. The number of carboxylic acid groups (broad SMARTS) is 1. The lowest BCUT2D eigenvalue weighted by Crippen LogP contribution is -2.30. The van der Waals surface area contributed by atoms with Crippen molar-refractivity contribution >= 4 is 28.4 Å². The summed E-state index contributed by atoms with van der Waals surface area (Å²) in [6.45, 7) is 5.64. The lowest BCUT2D eigenvalue weighted by molar-refractivity contribution is -0.138. The highest BCUT2D eigenvalue weighted by molar-refractivity contribution is 7.15. The molecule has 0 amide bonds. The number of carboxylic acids is 1.